The van der Waals surface area contributed by atoms with E-state index < -0.39 is 27.5 Å². The lowest BCUT2D eigenvalue weighted by Gasteiger charge is -2.03. The highest BCUT2D eigenvalue weighted by Crippen LogP contribution is 2.12. The highest BCUT2D eigenvalue weighted by molar-refractivity contribution is 7.92. The number of carboxylic acid groups (broad SMARTS) is 1. The number of carboxylic acids is 1. The van der Waals surface area contributed by atoms with Gasteiger partial charge in [-0.05, 0) is 24.3 Å². The maximum atomic E-state index is 11.7. The molecule has 0 saturated carbocycles. The third-order valence-electron chi connectivity index (χ3n) is 2.06. The Morgan fingerprint density at radius 2 is 1.76 bits per heavy atom. The second-order valence-corrected chi connectivity index (χ2v) is 5.25. The number of sulfone groups is 1. The first kappa shape index (κ1) is 13.2. The Labute approximate surface area is 98.2 Å². The number of benzene rings is 1. The summed E-state index contributed by atoms with van der Waals surface area (Å²) in [6, 6.07) is 4.70. The number of hydrogen-bond acceptors (Lipinski definition) is 4. The van der Waals surface area contributed by atoms with E-state index in [0.717, 1.165) is 0 Å². The first-order valence-electron chi connectivity index (χ1n) is 4.63. The first-order chi connectivity index (χ1) is 7.86. The number of carbonyl (C=O) groups is 2. The van der Waals surface area contributed by atoms with Crippen LogP contribution in [0.1, 0.15) is 10.4 Å². The number of amides is 1. The van der Waals surface area contributed by atoms with Gasteiger partial charge in [-0.3, -0.25) is 4.79 Å². The van der Waals surface area contributed by atoms with Crippen LogP contribution in [0, 0.1) is 0 Å². The van der Waals surface area contributed by atoms with Crippen LogP contribution in [0.2, 0.25) is 0 Å². The van der Waals surface area contributed by atoms with Crippen molar-refractivity contribution in [3.8, 4) is 0 Å². The zero-order valence-corrected chi connectivity index (χ0v) is 9.82. The zero-order valence-electron chi connectivity index (χ0n) is 9.00. The molecule has 0 saturated heterocycles. The Balaban J connectivity index is 3.00. The molecule has 0 radical (unpaired) electrons. The first-order valence-corrected chi connectivity index (χ1v) is 6.29. The van der Waals surface area contributed by atoms with Crippen molar-refractivity contribution >= 4 is 21.7 Å². The molecule has 17 heavy (non-hydrogen) atoms. The van der Waals surface area contributed by atoms with Gasteiger partial charge in [-0.1, -0.05) is 0 Å². The van der Waals surface area contributed by atoms with Crippen LogP contribution >= 0.6 is 0 Å². The molecule has 0 aliphatic carbocycles. The van der Waals surface area contributed by atoms with Crippen molar-refractivity contribution in [3.63, 3.8) is 0 Å². The summed E-state index contributed by atoms with van der Waals surface area (Å²) in [5.74, 6) is -2.41. The van der Waals surface area contributed by atoms with Gasteiger partial charge in [-0.25, -0.2) is 13.2 Å². The lowest BCUT2D eigenvalue weighted by molar-refractivity contribution is -0.118. The fourth-order valence-corrected chi connectivity index (χ4v) is 2.34. The number of rotatable bonds is 4. The van der Waals surface area contributed by atoms with E-state index in [1.54, 1.807) is 0 Å². The standard InChI is InChI=1S/C10H11NO5S/c1-11-9(12)6-17(15,16)8-4-2-7(3-5-8)10(13)14/h2-5H,6H2,1H3,(H,11,12)(H,13,14). The third-order valence-corrected chi connectivity index (χ3v) is 3.69. The van der Waals surface area contributed by atoms with Gasteiger partial charge in [0.15, 0.2) is 9.84 Å². The molecule has 0 aliphatic rings. The maximum absolute atomic E-state index is 11.7. The van der Waals surface area contributed by atoms with E-state index in [-0.39, 0.29) is 10.5 Å². The van der Waals surface area contributed by atoms with Crippen molar-refractivity contribution in [3.05, 3.63) is 29.8 Å². The predicted molar refractivity (Wildman–Crippen MR) is 59.5 cm³/mol. The quantitative estimate of drug-likeness (QED) is 0.784. The molecule has 6 nitrogen and oxygen atoms in total. The third kappa shape index (κ3) is 3.28. The molecule has 0 heterocycles. The Hall–Kier alpha value is -1.89. The fraction of sp³-hybridized carbons (Fsp3) is 0.200. The molecular formula is C10H11NO5S. The van der Waals surface area contributed by atoms with Crippen molar-refractivity contribution in [2.24, 2.45) is 0 Å². The van der Waals surface area contributed by atoms with E-state index >= 15 is 0 Å². The molecule has 0 atom stereocenters. The predicted octanol–water partition coefficient (Wildman–Crippen LogP) is -0.0955. The summed E-state index contributed by atoms with van der Waals surface area (Å²) in [6.45, 7) is 0. The molecule has 1 rings (SSSR count). The smallest absolute Gasteiger partial charge is 0.335 e. The molecule has 1 aromatic rings. The van der Waals surface area contributed by atoms with Crippen molar-refractivity contribution < 1.29 is 23.1 Å². The average Bonchev–Trinajstić information content (AvgIpc) is 2.28. The highest BCUT2D eigenvalue weighted by atomic mass is 32.2. The Morgan fingerprint density at radius 3 is 2.18 bits per heavy atom. The summed E-state index contributed by atoms with van der Waals surface area (Å²) in [6.07, 6.45) is 0. The number of nitrogens with one attached hydrogen (secondary N) is 1. The van der Waals surface area contributed by atoms with Crippen LogP contribution in [0.25, 0.3) is 0 Å². The summed E-state index contributed by atoms with van der Waals surface area (Å²) in [5.41, 5.74) is -0.0103. The van der Waals surface area contributed by atoms with E-state index in [4.69, 9.17) is 5.11 Å². The monoisotopic (exact) mass is 257 g/mol. The van der Waals surface area contributed by atoms with Gasteiger partial charge < -0.3 is 10.4 Å². The van der Waals surface area contributed by atoms with Gasteiger partial charge in [-0.2, -0.15) is 0 Å². The Bertz CT molecular complexity index is 532. The number of aromatic carboxylic acids is 1. The summed E-state index contributed by atoms with van der Waals surface area (Å²) in [7, 11) is -2.38. The van der Waals surface area contributed by atoms with E-state index in [1.807, 2.05) is 0 Å². The van der Waals surface area contributed by atoms with E-state index in [0.29, 0.717) is 0 Å². The van der Waals surface area contributed by atoms with Gasteiger partial charge in [0.2, 0.25) is 5.91 Å². The van der Waals surface area contributed by atoms with E-state index in [9.17, 15) is 18.0 Å². The van der Waals surface area contributed by atoms with Crippen LogP contribution in [0.3, 0.4) is 0 Å². The van der Waals surface area contributed by atoms with Gasteiger partial charge >= 0.3 is 5.97 Å². The zero-order chi connectivity index (χ0) is 13.1. The number of hydrogen-bond donors (Lipinski definition) is 2. The van der Waals surface area contributed by atoms with Crippen LogP contribution < -0.4 is 5.32 Å². The average molecular weight is 257 g/mol. The van der Waals surface area contributed by atoms with Crippen molar-refractivity contribution in [1.29, 1.82) is 0 Å². The molecule has 0 spiro atoms. The van der Waals surface area contributed by atoms with Gasteiger partial charge in [-0.15, -0.1) is 0 Å². The molecule has 0 aliphatic heterocycles. The van der Waals surface area contributed by atoms with Crippen LogP contribution in [0.15, 0.2) is 29.2 Å². The Morgan fingerprint density at radius 1 is 1.24 bits per heavy atom. The van der Waals surface area contributed by atoms with Gasteiger partial charge in [0.05, 0.1) is 10.5 Å². The van der Waals surface area contributed by atoms with Crippen LogP contribution in [-0.4, -0.2) is 38.2 Å². The molecule has 7 heteroatoms. The fourth-order valence-electron chi connectivity index (χ4n) is 1.13. The molecular weight excluding hydrogens is 246 g/mol. The van der Waals surface area contributed by atoms with Crippen molar-refractivity contribution in [1.82, 2.24) is 5.32 Å². The molecule has 0 unspecified atom stereocenters. The summed E-state index contributed by atoms with van der Waals surface area (Å²) in [4.78, 5) is 21.5. The minimum atomic E-state index is -3.72. The normalized spacial score (nSPS) is 10.9. The summed E-state index contributed by atoms with van der Waals surface area (Å²) in [5, 5.41) is 10.9. The summed E-state index contributed by atoms with van der Waals surface area (Å²) < 4.78 is 23.3. The van der Waals surface area contributed by atoms with Crippen LogP contribution in [0.5, 0.6) is 0 Å². The topological polar surface area (TPSA) is 101 Å². The number of carbonyl (C=O) groups excluding carboxylic acids is 1. The van der Waals surface area contributed by atoms with Gasteiger partial charge in [0, 0.05) is 7.05 Å². The second kappa shape index (κ2) is 4.96. The summed E-state index contributed by atoms with van der Waals surface area (Å²) >= 11 is 0. The molecule has 0 aromatic heterocycles. The van der Waals surface area contributed by atoms with Crippen LogP contribution in [-0.2, 0) is 14.6 Å². The molecule has 1 amide bonds. The highest BCUT2D eigenvalue weighted by Gasteiger charge is 2.18. The molecule has 2 N–H and O–H groups in total. The van der Waals surface area contributed by atoms with Crippen molar-refractivity contribution in [2.45, 2.75) is 4.90 Å². The van der Waals surface area contributed by atoms with Gasteiger partial charge in [0.1, 0.15) is 5.75 Å². The lowest BCUT2D eigenvalue weighted by Crippen LogP contribution is -2.27. The Kier molecular flexibility index (Phi) is 3.84. The van der Waals surface area contributed by atoms with E-state index in [1.165, 1.54) is 31.3 Å². The minimum Gasteiger partial charge on any atom is -0.478 e. The van der Waals surface area contributed by atoms with Crippen molar-refractivity contribution in [2.75, 3.05) is 12.8 Å². The van der Waals surface area contributed by atoms with Gasteiger partial charge in [0.25, 0.3) is 0 Å². The lowest BCUT2D eigenvalue weighted by atomic mass is 10.2. The largest absolute Gasteiger partial charge is 0.478 e. The molecule has 1 aromatic carbocycles. The molecule has 0 bridgehead atoms. The molecule has 92 valence electrons. The second-order valence-electron chi connectivity index (χ2n) is 3.26. The maximum Gasteiger partial charge on any atom is 0.335 e. The minimum absolute atomic E-state index is 0.0103. The molecule has 0 fully saturated rings. The van der Waals surface area contributed by atoms with E-state index in [2.05, 4.69) is 5.32 Å². The van der Waals surface area contributed by atoms with Crippen LogP contribution in [0.4, 0.5) is 0 Å². The SMILES string of the molecule is CNC(=O)CS(=O)(=O)c1ccc(C(=O)O)cc1.